The maximum absolute atomic E-state index is 13.8. The molecule has 9 nitrogen and oxygen atoms in total. The van der Waals surface area contributed by atoms with Gasteiger partial charge in [-0.25, -0.2) is 14.6 Å². The minimum Gasteiger partial charge on any atom is -0.444 e. The Morgan fingerprint density at radius 2 is 1.76 bits per heavy atom. The van der Waals surface area contributed by atoms with Gasteiger partial charge in [-0.15, -0.1) is 22.7 Å². The number of ether oxygens (including phenoxy) is 1. The van der Waals surface area contributed by atoms with Gasteiger partial charge < -0.3 is 20.3 Å². The van der Waals surface area contributed by atoms with E-state index in [-0.39, 0.29) is 36.3 Å². The molecule has 0 spiro atoms. The molecule has 3 atom stereocenters. The lowest BCUT2D eigenvalue weighted by atomic mass is 9.85. The number of urea groups is 1. The van der Waals surface area contributed by atoms with E-state index < -0.39 is 12.1 Å². The van der Waals surface area contributed by atoms with Crippen LogP contribution in [-0.2, 0) is 29.1 Å². The summed E-state index contributed by atoms with van der Waals surface area (Å²) in [4.78, 5) is 50.7. The Hall–Kier alpha value is -3.31. The van der Waals surface area contributed by atoms with Crippen LogP contribution in [0.2, 0.25) is 0 Å². The number of hydrogen-bond acceptors (Lipinski definition) is 8. The van der Waals surface area contributed by atoms with E-state index in [0.717, 1.165) is 53.2 Å². The second-order valence-corrected chi connectivity index (χ2v) is 14.2. The molecular formula is C34H49N5O4S2. The first-order valence-corrected chi connectivity index (χ1v) is 17.6. The molecule has 0 fully saturated rings. The third-order valence-electron chi connectivity index (χ3n) is 7.67. The zero-order chi connectivity index (χ0) is 32.8. The summed E-state index contributed by atoms with van der Waals surface area (Å²) in [5.41, 5.74) is 3.72. The molecule has 3 rings (SSSR count). The highest BCUT2D eigenvalue weighted by Crippen LogP contribution is 2.23. The van der Waals surface area contributed by atoms with Crippen molar-refractivity contribution in [2.24, 2.45) is 11.8 Å². The summed E-state index contributed by atoms with van der Waals surface area (Å²) < 4.78 is 5.41. The van der Waals surface area contributed by atoms with Crippen molar-refractivity contribution in [1.29, 1.82) is 0 Å². The van der Waals surface area contributed by atoms with Crippen molar-refractivity contribution in [1.82, 2.24) is 25.5 Å². The zero-order valence-electron chi connectivity index (χ0n) is 27.5. The number of ketones is 1. The number of nitrogens with zero attached hydrogens (tertiary/aromatic N) is 3. The van der Waals surface area contributed by atoms with Crippen molar-refractivity contribution in [2.45, 2.75) is 104 Å². The van der Waals surface area contributed by atoms with E-state index in [9.17, 15) is 14.4 Å². The highest BCUT2D eigenvalue weighted by molar-refractivity contribution is 7.09. The normalized spacial score (nSPS) is 13.3. The molecule has 0 saturated heterocycles. The van der Waals surface area contributed by atoms with Gasteiger partial charge in [0.15, 0.2) is 5.78 Å². The van der Waals surface area contributed by atoms with E-state index in [2.05, 4.69) is 53.5 Å². The van der Waals surface area contributed by atoms with Crippen LogP contribution in [0.5, 0.6) is 0 Å². The smallest absolute Gasteiger partial charge is 0.407 e. The number of carbonyl (C=O) groups excluding carboxylic acids is 3. The first-order valence-electron chi connectivity index (χ1n) is 15.9. The SMILES string of the molecule is CCCC(CCC(CC(=O)C(NC(=O)N(C)Cc1csc(C(C)C)n1)C(C)C)Cc1ccccc1)NC(=O)OCc1cncs1. The maximum Gasteiger partial charge on any atom is 0.407 e. The Balaban J connectivity index is 1.63. The van der Waals surface area contributed by atoms with E-state index in [1.165, 1.54) is 11.3 Å². The van der Waals surface area contributed by atoms with Gasteiger partial charge in [-0.05, 0) is 43.1 Å². The predicted molar refractivity (Wildman–Crippen MR) is 181 cm³/mol. The number of hydrogen-bond donors (Lipinski definition) is 2. The van der Waals surface area contributed by atoms with Crippen LogP contribution in [-0.4, -0.2) is 51.9 Å². The Labute approximate surface area is 276 Å². The van der Waals surface area contributed by atoms with Crippen LogP contribution in [0.4, 0.5) is 9.59 Å². The van der Waals surface area contributed by atoms with Gasteiger partial charge in [0.25, 0.3) is 0 Å². The van der Waals surface area contributed by atoms with Crippen LogP contribution in [0.1, 0.15) is 93.8 Å². The third kappa shape index (κ3) is 12.5. The number of carbonyl (C=O) groups is 3. The van der Waals surface area contributed by atoms with Gasteiger partial charge in [0.1, 0.15) is 6.61 Å². The summed E-state index contributed by atoms with van der Waals surface area (Å²) in [7, 11) is 1.73. The molecule has 246 valence electrons. The molecule has 0 radical (unpaired) electrons. The molecule has 0 aliphatic heterocycles. The highest BCUT2D eigenvalue weighted by atomic mass is 32.1. The monoisotopic (exact) mass is 655 g/mol. The number of amides is 3. The van der Waals surface area contributed by atoms with Crippen molar-refractivity contribution >= 4 is 40.6 Å². The van der Waals surface area contributed by atoms with E-state index in [1.54, 1.807) is 35.0 Å². The van der Waals surface area contributed by atoms with Gasteiger partial charge in [0, 0.05) is 37.0 Å². The molecule has 0 aliphatic rings. The summed E-state index contributed by atoms with van der Waals surface area (Å²) in [6.45, 7) is 10.8. The van der Waals surface area contributed by atoms with E-state index in [0.29, 0.717) is 18.9 Å². The van der Waals surface area contributed by atoms with Crippen molar-refractivity contribution < 1.29 is 19.1 Å². The molecule has 2 aromatic heterocycles. The van der Waals surface area contributed by atoms with Gasteiger partial charge in [-0.2, -0.15) is 0 Å². The van der Waals surface area contributed by atoms with Gasteiger partial charge in [-0.3, -0.25) is 9.78 Å². The van der Waals surface area contributed by atoms with Gasteiger partial charge in [0.2, 0.25) is 0 Å². The lowest BCUT2D eigenvalue weighted by Gasteiger charge is -2.27. The number of alkyl carbamates (subject to hydrolysis) is 1. The van der Waals surface area contributed by atoms with E-state index >= 15 is 0 Å². The summed E-state index contributed by atoms with van der Waals surface area (Å²) in [5.74, 6) is 0.342. The van der Waals surface area contributed by atoms with Gasteiger partial charge in [-0.1, -0.05) is 71.4 Å². The van der Waals surface area contributed by atoms with Crippen LogP contribution in [0.3, 0.4) is 0 Å². The summed E-state index contributed by atoms with van der Waals surface area (Å²) >= 11 is 3.05. The van der Waals surface area contributed by atoms with Crippen molar-refractivity contribution in [3.63, 3.8) is 0 Å². The largest absolute Gasteiger partial charge is 0.444 e. The lowest BCUT2D eigenvalue weighted by Crippen LogP contribution is -2.49. The Kier molecular flexibility index (Phi) is 15.0. The van der Waals surface area contributed by atoms with Gasteiger partial charge in [0.05, 0.1) is 33.7 Å². The summed E-state index contributed by atoms with van der Waals surface area (Å²) in [5, 5.41) is 9.07. The highest BCUT2D eigenvalue weighted by Gasteiger charge is 2.28. The molecule has 0 bridgehead atoms. The maximum atomic E-state index is 13.8. The molecule has 2 heterocycles. The minimum absolute atomic E-state index is 0.0207. The number of nitrogens with one attached hydrogen (secondary N) is 2. The lowest BCUT2D eigenvalue weighted by molar-refractivity contribution is -0.122. The summed E-state index contributed by atoms with van der Waals surface area (Å²) in [6.07, 6.45) is 5.53. The predicted octanol–water partition coefficient (Wildman–Crippen LogP) is 7.58. The number of rotatable bonds is 18. The molecule has 11 heteroatoms. The molecule has 0 aliphatic carbocycles. The number of Topliss-reactive ketones (excluding diaryl/α,β-unsaturated/α-hetero) is 1. The van der Waals surface area contributed by atoms with Crippen LogP contribution in [0.25, 0.3) is 0 Å². The molecule has 3 amide bonds. The minimum atomic E-state index is -0.605. The number of benzene rings is 1. The van der Waals surface area contributed by atoms with Crippen molar-refractivity contribution in [2.75, 3.05) is 7.05 Å². The first kappa shape index (κ1) is 36.2. The van der Waals surface area contributed by atoms with Crippen LogP contribution < -0.4 is 10.6 Å². The molecular weight excluding hydrogens is 607 g/mol. The fraction of sp³-hybridized carbons (Fsp3) is 0.559. The Morgan fingerprint density at radius 1 is 1.00 bits per heavy atom. The fourth-order valence-corrected chi connectivity index (χ4v) is 6.54. The topological polar surface area (TPSA) is 114 Å². The molecule has 3 aromatic rings. The Bertz CT molecular complexity index is 1310. The van der Waals surface area contributed by atoms with Crippen LogP contribution in [0.15, 0.2) is 47.4 Å². The quantitative estimate of drug-likeness (QED) is 0.146. The molecule has 2 N–H and O–H groups in total. The number of aromatic nitrogens is 2. The average Bonchev–Trinajstić information content (AvgIpc) is 3.70. The van der Waals surface area contributed by atoms with Crippen LogP contribution >= 0.6 is 22.7 Å². The first-order chi connectivity index (χ1) is 21.5. The zero-order valence-corrected chi connectivity index (χ0v) is 29.1. The van der Waals surface area contributed by atoms with E-state index in [1.807, 2.05) is 37.4 Å². The molecule has 3 unspecified atom stereocenters. The van der Waals surface area contributed by atoms with Crippen molar-refractivity contribution in [3.05, 3.63) is 68.6 Å². The second-order valence-electron chi connectivity index (χ2n) is 12.3. The molecule has 0 saturated carbocycles. The fourth-order valence-electron chi connectivity index (χ4n) is 5.21. The molecule has 1 aromatic carbocycles. The standard InChI is InChI=1S/C34H49N5O4S2/c1-7-11-27(37-34(42)43-20-29-18-35-22-45-29)15-14-26(16-25-12-9-8-10-13-25)17-30(40)31(23(2)3)38-33(41)39(6)19-28-21-44-32(36-28)24(4)5/h8-10,12-13,18,21-24,26-27,31H,7,11,14-17,19-20H2,1-6H3,(H,37,42)(H,38,41). The Morgan fingerprint density at radius 3 is 2.38 bits per heavy atom. The van der Waals surface area contributed by atoms with Gasteiger partial charge >= 0.3 is 12.1 Å². The summed E-state index contributed by atoms with van der Waals surface area (Å²) in [6, 6.07) is 9.21. The van der Waals surface area contributed by atoms with Crippen LogP contribution in [0, 0.1) is 11.8 Å². The molecule has 45 heavy (non-hydrogen) atoms. The van der Waals surface area contributed by atoms with Crippen molar-refractivity contribution in [3.8, 4) is 0 Å². The van der Waals surface area contributed by atoms with E-state index in [4.69, 9.17) is 4.74 Å². The second kappa shape index (κ2) is 18.6. The number of thiazole rings is 2. The average molecular weight is 656 g/mol. The third-order valence-corrected chi connectivity index (χ3v) is 9.62.